The molecule has 3 rings (SSSR count). The van der Waals surface area contributed by atoms with E-state index in [1.165, 1.54) is 0 Å². The van der Waals surface area contributed by atoms with Gasteiger partial charge in [-0.15, -0.1) is 0 Å². The van der Waals surface area contributed by atoms with E-state index in [0.717, 1.165) is 18.7 Å². The van der Waals surface area contributed by atoms with Crippen molar-refractivity contribution in [2.45, 2.75) is 37.3 Å². The molecule has 0 saturated carbocycles. The Hall–Kier alpha value is -1.62. The van der Waals surface area contributed by atoms with E-state index in [0.29, 0.717) is 25.6 Å². The van der Waals surface area contributed by atoms with Gasteiger partial charge in [0.2, 0.25) is 10.0 Å². The topological polar surface area (TPSA) is 95.9 Å². The average Bonchev–Trinajstić information content (AvgIpc) is 2.91. The van der Waals surface area contributed by atoms with Crippen LogP contribution in [-0.2, 0) is 25.3 Å². The highest BCUT2D eigenvalue weighted by molar-refractivity contribution is 7.88. The second-order valence-electron chi connectivity index (χ2n) is 6.40. The molecule has 10 heteroatoms. The number of benzene rings is 1. The van der Waals surface area contributed by atoms with Gasteiger partial charge in [-0.3, -0.25) is 9.69 Å². The van der Waals surface area contributed by atoms with Gasteiger partial charge in [-0.1, -0.05) is 6.07 Å². The summed E-state index contributed by atoms with van der Waals surface area (Å²) in [6.45, 7) is 3.76. The largest absolute Gasteiger partial charge is 0.483 e. The van der Waals surface area contributed by atoms with Crippen LogP contribution >= 0.6 is 0 Å². The number of carboxylic acid groups (broad SMARTS) is 1. The van der Waals surface area contributed by atoms with Crippen LogP contribution in [0.5, 0.6) is 0 Å². The number of fused-ring (bicyclic) bond motifs is 1. The SMILES string of the molecule is C[C@H]1CN2C[C@H](NS(=O)(=O)Cc3ccc(F)cc3F)C[C@H]2CO1.O=CO. The van der Waals surface area contributed by atoms with Gasteiger partial charge in [0, 0.05) is 36.8 Å². The van der Waals surface area contributed by atoms with Crippen LogP contribution in [0, 0.1) is 11.6 Å². The zero-order valence-corrected chi connectivity index (χ0v) is 15.1. The van der Waals surface area contributed by atoms with Crippen molar-refractivity contribution in [3.05, 3.63) is 35.4 Å². The summed E-state index contributed by atoms with van der Waals surface area (Å²) in [6, 6.07) is 2.93. The third kappa shape index (κ3) is 5.70. The van der Waals surface area contributed by atoms with E-state index >= 15 is 0 Å². The first kappa shape index (κ1) is 20.7. The summed E-state index contributed by atoms with van der Waals surface area (Å²) < 4.78 is 59.2. The number of carbonyl (C=O) groups is 1. The van der Waals surface area contributed by atoms with Crippen molar-refractivity contribution in [1.82, 2.24) is 9.62 Å². The van der Waals surface area contributed by atoms with Gasteiger partial charge in [-0.05, 0) is 19.4 Å². The average molecular weight is 392 g/mol. The quantitative estimate of drug-likeness (QED) is 0.741. The first-order valence-electron chi connectivity index (χ1n) is 8.11. The maximum atomic E-state index is 13.6. The number of rotatable bonds is 4. The number of nitrogens with zero attached hydrogens (tertiary/aromatic N) is 1. The summed E-state index contributed by atoms with van der Waals surface area (Å²) in [7, 11) is -3.69. The molecule has 0 aromatic heterocycles. The molecule has 0 unspecified atom stereocenters. The van der Waals surface area contributed by atoms with Gasteiger partial charge >= 0.3 is 0 Å². The van der Waals surface area contributed by atoms with Gasteiger partial charge in [0.05, 0.1) is 18.5 Å². The Morgan fingerprint density at radius 1 is 1.38 bits per heavy atom. The number of hydrogen-bond acceptors (Lipinski definition) is 5. The lowest BCUT2D eigenvalue weighted by molar-refractivity contribution is -0.122. The van der Waals surface area contributed by atoms with Crippen LogP contribution in [-0.4, -0.2) is 62.8 Å². The minimum Gasteiger partial charge on any atom is -0.483 e. The van der Waals surface area contributed by atoms with Gasteiger partial charge in [0.15, 0.2) is 0 Å². The van der Waals surface area contributed by atoms with Crippen LogP contribution in [0.4, 0.5) is 8.78 Å². The Kier molecular flexibility index (Phi) is 7.04. The summed E-state index contributed by atoms with van der Waals surface area (Å²) in [6.07, 6.45) is 0.826. The Morgan fingerprint density at radius 3 is 2.73 bits per heavy atom. The molecule has 2 saturated heterocycles. The highest BCUT2D eigenvalue weighted by Gasteiger charge is 2.37. The normalized spacial score (nSPS) is 25.9. The fraction of sp³-hybridized carbons (Fsp3) is 0.562. The summed E-state index contributed by atoms with van der Waals surface area (Å²) in [5, 5.41) is 6.89. The molecule has 2 aliphatic heterocycles. The molecule has 146 valence electrons. The highest BCUT2D eigenvalue weighted by atomic mass is 32.2. The van der Waals surface area contributed by atoms with Gasteiger partial charge in [-0.2, -0.15) is 0 Å². The van der Waals surface area contributed by atoms with Crippen molar-refractivity contribution in [2.24, 2.45) is 0 Å². The molecule has 0 spiro atoms. The Labute approximate surface area is 151 Å². The van der Waals surface area contributed by atoms with Crippen molar-refractivity contribution in [1.29, 1.82) is 0 Å². The molecular weight excluding hydrogens is 370 g/mol. The van der Waals surface area contributed by atoms with Crippen LogP contribution in [0.15, 0.2) is 18.2 Å². The summed E-state index contributed by atoms with van der Waals surface area (Å²) in [5.74, 6) is -2.06. The first-order chi connectivity index (χ1) is 12.2. The zero-order valence-electron chi connectivity index (χ0n) is 14.3. The summed E-state index contributed by atoms with van der Waals surface area (Å²) in [4.78, 5) is 10.6. The van der Waals surface area contributed by atoms with E-state index in [4.69, 9.17) is 14.6 Å². The maximum absolute atomic E-state index is 13.6. The standard InChI is InChI=1S/C15H20F2N2O3S.CH2O2/c1-10-6-19-7-13(5-14(19)8-22-10)18-23(20,21)9-11-2-3-12(16)4-15(11)17;2-1-3/h2-4,10,13-14,18H,5-9H2,1H3;1H,(H,2,3)/t10-,13+,14-;/m0./s1. The molecule has 1 aromatic rings. The van der Waals surface area contributed by atoms with Crippen molar-refractivity contribution >= 4 is 16.5 Å². The molecule has 3 atom stereocenters. The van der Waals surface area contributed by atoms with Crippen LogP contribution in [0.1, 0.15) is 18.9 Å². The van der Waals surface area contributed by atoms with E-state index in [-0.39, 0.29) is 30.2 Å². The second-order valence-corrected chi connectivity index (χ2v) is 8.16. The molecule has 0 bridgehead atoms. The van der Waals surface area contributed by atoms with Crippen LogP contribution in [0.2, 0.25) is 0 Å². The molecule has 2 aliphatic rings. The van der Waals surface area contributed by atoms with Crippen molar-refractivity contribution in [3.63, 3.8) is 0 Å². The molecule has 0 aliphatic carbocycles. The lowest BCUT2D eigenvalue weighted by Crippen LogP contribution is -2.45. The number of halogens is 2. The van der Waals surface area contributed by atoms with E-state index < -0.39 is 27.4 Å². The van der Waals surface area contributed by atoms with Gasteiger partial charge in [0.1, 0.15) is 11.6 Å². The molecule has 1 aromatic carbocycles. The van der Waals surface area contributed by atoms with Crippen molar-refractivity contribution in [3.8, 4) is 0 Å². The summed E-state index contributed by atoms with van der Waals surface area (Å²) in [5.41, 5.74) is -0.0356. The van der Waals surface area contributed by atoms with Crippen molar-refractivity contribution < 1.29 is 31.8 Å². The molecule has 2 N–H and O–H groups in total. The number of ether oxygens (including phenoxy) is 1. The van der Waals surface area contributed by atoms with Crippen molar-refractivity contribution in [2.75, 3.05) is 19.7 Å². The zero-order chi connectivity index (χ0) is 19.3. The molecule has 0 radical (unpaired) electrons. The number of nitrogens with one attached hydrogen (secondary N) is 1. The van der Waals surface area contributed by atoms with Crippen LogP contribution < -0.4 is 4.72 Å². The van der Waals surface area contributed by atoms with Gasteiger partial charge in [-0.25, -0.2) is 21.9 Å². The predicted octanol–water partition coefficient (Wildman–Crippen LogP) is 0.947. The fourth-order valence-electron chi connectivity index (χ4n) is 3.26. The molecule has 2 heterocycles. The molecule has 7 nitrogen and oxygen atoms in total. The Balaban J connectivity index is 0.000000758. The minimum atomic E-state index is -3.69. The number of hydrogen-bond donors (Lipinski definition) is 2. The lowest BCUT2D eigenvalue weighted by atomic mass is 10.2. The molecule has 2 fully saturated rings. The fourth-order valence-corrected chi connectivity index (χ4v) is 4.67. The van der Waals surface area contributed by atoms with E-state index in [1.807, 2.05) is 6.92 Å². The first-order valence-corrected chi connectivity index (χ1v) is 9.76. The van der Waals surface area contributed by atoms with Crippen LogP contribution in [0.3, 0.4) is 0 Å². The third-order valence-corrected chi connectivity index (χ3v) is 5.68. The maximum Gasteiger partial charge on any atom is 0.290 e. The predicted molar refractivity (Wildman–Crippen MR) is 90.0 cm³/mol. The van der Waals surface area contributed by atoms with Crippen LogP contribution in [0.25, 0.3) is 0 Å². The van der Waals surface area contributed by atoms with E-state index in [2.05, 4.69) is 9.62 Å². The van der Waals surface area contributed by atoms with Gasteiger partial charge < -0.3 is 9.84 Å². The molecule has 0 amide bonds. The molecular formula is C16H22F2N2O5S. The smallest absolute Gasteiger partial charge is 0.290 e. The van der Waals surface area contributed by atoms with E-state index in [1.54, 1.807) is 0 Å². The number of sulfonamides is 1. The summed E-state index contributed by atoms with van der Waals surface area (Å²) >= 11 is 0. The highest BCUT2D eigenvalue weighted by Crippen LogP contribution is 2.24. The third-order valence-electron chi connectivity index (χ3n) is 4.30. The monoisotopic (exact) mass is 392 g/mol. The minimum absolute atomic E-state index is 0.0356. The molecule has 26 heavy (non-hydrogen) atoms. The number of morpholine rings is 1. The van der Waals surface area contributed by atoms with Gasteiger partial charge in [0.25, 0.3) is 6.47 Å². The second kappa shape index (κ2) is 8.85. The lowest BCUT2D eigenvalue weighted by Gasteiger charge is -2.33. The Bertz CT molecular complexity index is 731. The Morgan fingerprint density at radius 2 is 2.08 bits per heavy atom. The van der Waals surface area contributed by atoms with E-state index in [9.17, 15) is 17.2 Å².